The molecule has 2 aliphatic heterocycles. The molecule has 3 fully saturated rings. The summed E-state index contributed by atoms with van der Waals surface area (Å²) >= 11 is 1.16. The van der Waals surface area contributed by atoms with Gasteiger partial charge in [-0.15, -0.1) is 17.9 Å². The van der Waals surface area contributed by atoms with E-state index in [9.17, 15) is 19.2 Å². The van der Waals surface area contributed by atoms with E-state index in [1.807, 2.05) is 54.6 Å². The van der Waals surface area contributed by atoms with Crippen LogP contribution in [0.25, 0.3) is 0 Å². The summed E-state index contributed by atoms with van der Waals surface area (Å²) in [5.74, 6) is -0.304. The molecule has 1 spiro atoms. The Balaban J connectivity index is 1.09. The molecule has 0 radical (unpaired) electrons. The summed E-state index contributed by atoms with van der Waals surface area (Å²) in [5, 5.41) is 0. The van der Waals surface area contributed by atoms with Crippen molar-refractivity contribution < 1.29 is 19.2 Å². The number of rotatable bonds is 3. The predicted molar refractivity (Wildman–Crippen MR) is 150 cm³/mol. The predicted octanol–water partition coefficient (Wildman–Crippen LogP) is 5.29. The molecule has 2 saturated heterocycles. The molecule has 1 saturated carbocycles. The van der Waals surface area contributed by atoms with E-state index < -0.39 is 5.41 Å². The molecule has 3 aromatic rings. The number of allylic oxidation sites excluding steroid dienone is 4. The SMILES string of the molecule is C=C[C@]12CCN(C(=O)c3ccc(C(=O)N4CC5C[C@@]56C4=CC(=O)c4ccccc46)s3)C1=CC(=O)c1ccccc12. The van der Waals surface area contributed by atoms with Crippen molar-refractivity contribution in [3.8, 4) is 0 Å². The van der Waals surface area contributed by atoms with Crippen molar-refractivity contribution in [3.63, 3.8) is 0 Å². The summed E-state index contributed by atoms with van der Waals surface area (Å²) < 4.78 is 0. The van der Waals surface area contributed by atoms with Crippen LogP contribution in [0.1, 0.15) is 64.0 Å². The number of amides is 2. The first-order chi connectivity index (χ1) is 19.4. The lowest BCUT2D eigenvalue weighted by Crippen LogP contribution is -2.35. The Hall–Kier alpha value is -4.36. The maximum absolute atomic E-state index is 13.8. The summed E-state index contributed by atoms with van der Waals surface area (Å²) in [7, 11) is 0. The molecule has 40 heavy (non-hydrogen) atoms. The van der Waals surface area contributed by atoms with Gasteiger partial charge in [-0.25, -0.2) is 0 Å². The minimum atomic E-state index is -0.600. The molecule has 6 nitrogen and oxygen atoms in total. The zero-order valence-electron chi connectivity index (χ0n) is 21.6. The second-order valence-corrected chi connectivity index (χ2v) is 12.3. The van der Waals surface area contributed by atoms with Gasteiger partial charge in [0.1, 0.15) is 0 Å². The number of carbonyl (C=O) groups is 4. The zero-order valence-corrected chi connectivity index (χ0v) is 22.4. The molecule has 0 N–H and O–H groups in total. The summed E-state index contributed by atoms with van der Waals surface area (Å²) in [6, 6.07) is 18.6. The third-order valence-corrected chi connectivity index (χ3v) is 10.5. The molecule has 3 atom stereocenters. The average Bonchev–Trinajstić information content (AvgIpc) is 3.30. The lowest BCUT2D eigenvalue weighted by Gasteiger charge is -2.34. The summed E-state index contributed by atoms with van der Waals surface area (Å²) in [6.07, 6.45) is 6.62. The van der Waals surface area contributed by atoms with Crippen LogP contribution in [0, 0.1) is 5.92 Å². The topological polar surface area (TPSA) is 74.8 Å². The fourth-order valence-electron chi connectivity index (χ4n) is 7.49. The van der Waals surface area contributed by atoms with Gasteiger partial charge in [0, 0.05) is 53.2 Å². The van der Waals surface area contributed by atoms with Crippen LogP contribution in [0.15, 0.2) is 96.9 Å². The van der Waals surface area contributed by atoms with E-state index in [4.69, 9.17) is 0 Å². The summed E-state index contributed by atoms with van der Waals surface area (Å²) in [6.45, 7) is 5.09. The molecule has 7 heteroatoms. The van der Waals surface area contributed by atoms with Crippen molar-refractivity contribution in [2.45, 2.75) is 23.7 Å². The zero-order chi connectivity index (χ0) is 27.4. The van der Waals surface area contributed by atoms with Crippen molar-refractivity contribution in [3.05, 3.63) is 129 Å². The normalized spacial score (nSPS) is 27.1. The van der Waals surface area contributed by atoms with Crippen LogP contribution in [-0.4, -0.2) is 46.3 Å². The van der Waals surface area contributed by atoms with Gasteiger partial charge in [0.25, 0.3) is 11.8 Å². The van der Waals surface area contributed by atoms with Gasteiger partial charge in [-0.3, -0.25) is 19.2 Å². The molecule has 5 aliphatic rings. The molecule has 2 aromatic carbocycles. The Kier molecular flexibility index (Phi) is 4.62. The van der Waals surface area contributed by atoms with Crippen molar-refractivity contribution in [1.29, 1.82) is 0 Å². The number of benzene rings is 2. The molecular weight excluding hydrogens is 520 g/mol. The fraction of sp³-hybridized carbons (Fsp3) is 0.212. The van der Waals surface area contributed by atoms with E-state index >= 15 is 0 Å². The highest BCUT2D eigenvalue weighted by Crippen LogP contribution is 2.66. The quantitative estimate of drug-likeness (QED) is 0.420. The lowest BCUT2D eigenvalue weighted by molar-refractivity contribution is 0.0811. The smallest absolute Gasteiger partial charge is 0.268 e. The van der Waals surface area contributed by atoms with Crippen molar-refractivity contribution in [1.82, 2.24) is 9.80 Å². The Morgan fingerprint density at radius 2 is 1.43 bits per heavy atom. The fourth-order valence-corrected chi connectivity index (χ4v) is 8.39. The number of ketones is 2. The van der Waals surface area contributed by atoms with Crippen LogP contribution in [0.5, 0.6) is 0 Å². The van der Waals surface area contributed by atoms with Crippen molar-refractivity contribution in [2.75, 3.05) is 13.1 Å². The largest absolute Gasteiger partial charge is 0.310 e. The first-order valence-corrected chi connectivity index (χ1v) is 14.3. The molecule has 3 aliphatic carbocycles. The van der Waals surface area contributed by atoms with Crippen LogP contribution in [-0.2, 0) is 10.8 Å². The highest BCUT2D eigenvalue weighted by molar-refractivity contribution is 7.16. The summed E-state index contributed by atoms with van der Waals surface area (Å²) in [5.41, 5.74) is 3.85. The number of fused-ring (bicyclic) bond motifs is 4. The molecule has 0 bridgehead atoms. The second kappa shape index (κ2) is 7.86. The Morgan fingerprint density at radius 1 is 0.825 bits per heavy atom. The van der Waals surface area contributed by atoms with Crippen LogP contribution >= 0.6 is 11.3 Å². The van der Waals surface area contributed by atoms with E-state index in [1.165, 1.54) is 0 Å². The first kappa shape index (κ1) is 23.5. The Morgan fingerprint density at radius 3 is 2.12 bits per heavy atom. The number of nitrogens with zero attached hydrogens (tertiary/aromatic N) is 2. The minimum absolute atomic E-state index is 0.0692. The number of carbonyl (C=O) groups excluding carboxylic acids is 4. The first-order valence-electron chi connectivity index (χ1n) is 13.5. The molecular formula is C33H24N2O4S. The lowest BCUT2D eigenvalue weighted by atomic mass is 9.71. The number of likely N-dealkylation sites (tertiary alicyclic amines) is 2. The number of hydrogen-bond donors (Lipinski definition) is 0. The van der Waals surface area contributed by atoms with Gasteiger partial charge in [-0.1, -0.05) is 54.6 Å². The van der Waals surface area contributed by atoms with E-state index in [-0.39, 0.29) is 28.8 Å². The highest BCUT2D eigenvalue weighted by atomic mass is 32.1. The Bertz CT molecular complexity index is 1800. The van der Waals surface area contributed by atoms with Crippen molar-refractivity contribution >= 4 is 34.7 Å². The minimum Gasteiger partial charge on any atom is -0.310 e. The number of thiophene rings is 1. The standard InChI is InChI=1S/C33H24N2O4S/c1-2-32-13-14-34(28(32)15-24(36)20-7-3-5-9-22(20)32)30(38)26-11-12-27(40-26)31(39)35-18-19-17-33(19)23-10-6-4-8-21(23)25(37)16-29(33)35/h2-12,15-16,19H,1,13-14,17-18H2/t19?,32-,33-/m1/s1. The highest BCUT2D eigenvalue weighted by Gasteiger charge is 2.67. The van der Waals surface area contributed by atoms with Crippen LogP contribution in [0.4, 0.5) is 0 Å². The van der Waals surface area contributed by atoms with Gasteiger partial charge >= 0.3 is 0 Å². The molecule has 3 heterocycles. The van der Waals surface area contributed by atoms with Crippen LogP contribution < -0.4 is 0 Å². The van der Waals surface area contributed by atoms with Gasteiger partial charge in [0.15, 0.2) is 11.6 Å². The van der Waals surface area contributed by atoms with Gasteiger partial charge in [0.2, 0.25) is 0 Å². The van der Waals surface area contributed by atoms with E-state index in [2.05, 4.69) is 6.58 Å². The van der Waals surface area contributed by atoms with Gasteiger partial charge in [0.05, 0.1) is 15.2 Å². The molecule has 1 unspecified atom stereocenters. The van der Waals surface area contributed by atoms with Crippen molar-refractivity contribution in [2.24, 2.45) is 5.92 Å². The van der Waals surface area contributed by atoms with E-state index in [0.717, 1.165) is 40.1 Å². The summed E-state index contributed by atoms with van der Waals surface area (Å²) in [4.78, 5) is 57.7. The molecule has 196 valence electrons. The van der Waals surface area contributed by atoms with E-state index in [1.54, 1.807) is 34.1 Å². The molecule has 2 amide bonds. The monoisotopic (exact) mass is 544 g/mol. The average molecular weight is 545 g/mol. The number of piperidine rings is 1. The maximum Gasteiger partial charge on any atom is 0.268 e. The Labute approximate surface area is 234 Å². The third kappa shape index (κ3) is 2.82. The van der Waals surface area contributed by atoms with Crippen LogP contribution in [0.2, 0.25) is 0 Å². The van der Waals surface area contributed by atoms with E-state index in [0.29, 0.717) is 46.4 Å². The van der Waals surface area contributed by atoms with Gasteiger partial charge in [-0.05, 0) is 42.0 Å². The molecule has 1 aromatic heterocycles. The molecule has 8 rings (SSSR count). The second-order valence-electron chi connectivity index (χ2n) is 11.2. The third-order valence-electron chi connectivity index (χ3n) is 9.48. The maximum atomic E-state index is 13.8. The number of hydrogen-bond acceptors (Lipinski definition) is 5. The van der Waals surface area contributed by atoms with Gasteiger partial charge < -0.3 is 9.80 Å². The van der Waals surface area contributed by atoms with Gasteiger partial charge in [-0.2, -0.15) is 0 Å². The van der Waals surface area contributed by atoms with Crippen LogP contribution in [0.3, 0.4) is 0 Å².